The Kier molecular flexibility index (Phi) is 0.742. The van der Waals surface area contributed by atoms with E-state index >= 15 is 0 Å². The van der Waals surface area contributed by atoms with Crippen LogP contribution < -0.4 is 4.90 Å². The molecule has 9 heavy (non-hydrogen) atoms. The van der Waals surface area contributed by atoms with Crippen LogP contribution >= 0.6 is 27.3 Å². The molecule has 0 saturated heterocycles. The van der Waals surface area contributed by atoms with E-state index in [4.69, 9.17) is 8.22 Å². The number of hydrogen-bond donors (Lipinski definition) is 0. The van der Waals surface area contributed by atoms with E-state index in [9.17, 15) is 0 Å². The van der Waals surface area contributed by atoms with Crippen LogP contribution in [0.15, 0.2) is 9.98 Å². The minimum absolute atomic E-state index is 0.0538. The molecule has 50 valence electrons. The second-order valence-electron chi connectivity index (χ2n) is 1.29. The highest BCUT2D eigenvalue weighted by Gasteiger charge is 1.98. The van der Waals surface area contributed by atoms with Crippen molar-refractivity contribution in [3.8, 4) is 0 Å². The topological polar surface area (TPSA) is 16.1 Å². The van der Waals surface area contributed by atoms with E-state index in [-0.39, 0.29) is 5.13 Å². The number of anilines is 1. The van der Waals surface area contributed by atoms with Crippen molar-refractivity contribution in [3.63, 3.8) is 0 Å². The van der Waals surface area contributed by atoms with Crippen molar-refractivity contribution < 1.29 is 8.22 Å². The number of rotatable bonds is 1. The van der Waals surface area contributed by atoms with E-state index in [2.05, 4.69) is 20.9 Å². The summed E-state index contributed by atoms with van der Waals surface area (Å²) in [5.41, 5.74) is 0. The summed E-state index contributed by atoms with van der Waals surface area (Å²) in [6, 6.07) is 0. The van der Waals surface area contributed by atoms with Gasteiger partial charge < -0.3 is 4.90 Å². The van der Waals surface area contributed by atoms with E-state index < -0.39 is 14.0 Å². The molecular weight excluding hydrogens is 200 g/mol. The van der Waals surface area contributed by atoms with Crippen molar-refractivity contribution in [2.45, 2.75) is 0 Å². The molecule has 0 N–H and O–H groups in total. The molecule has 0 aliphatic carbocycles. The fraction of sp³-hybridized carbons (Fsp3) is 0.400. The number of hydrogen-bond acceptors (Lipinski definition) is 3. The van der Waals surface area contributed by atoms with Gasteiger partial charge in [-0.05, 0) is 15.9 Å². The molecule has 0 amide bonds. The SMILES string of the molecule is [2H]C([2H])([2H])N(c1nc(Br)cs1)C([2H])([2H])[2H]. The fourth-order valence-electron chi connectivity index (χ4n) is 0.348. The highest BCUT2D eigenvalue weighted by Crippen LogP contribution is 2.20. The summed E-state index contributed by atoms with van der Waals surface area (Å²) in [6.07, 6.45) is 0. The zero-order valence-electron chi connectivity index (χ0n) is 10.3. The summed E-state index contributed by atoms with van der Waals surface area (Å²) in [7, 11) is 0. The average Bonchev–Trinajstić information content (AvgIpc) is 2.28. The summed E-state index contributed by atoms with van der Waals surface area (Å²) in [6.45, 7) is -5.47. The quantitative estimate of drug-likeness (QED) is 0.709. The maximum absolute atomic E-state index is 7.14. The Morgan fingerprint density at radius 3 is 3.11 bits per heavy atom. The molecule has 4 heteroatoms. The fourth-order valence-corrected chi connectivity index (χ4v) is 1.43. The lowest BCUT2D eigenvalue weighted by Gasteiger charge is -2.04. The summed E-state index contributed by atoms with van der Waals surface area (Å²) in [4.78, 5) is 4.14. The van der Waals surface area contributed by atoms with Gasteiger partial charge in [-0.3, -0.25) is 0 Å². The van der Waals surface area contributed by atoms with Crippen molar-refractivity contribution in [2.24, 2.45) is 0 Å². The van der Waals surface area contributed by atoms with Crippen LogP contribution in [0, 0.1) is 0 Å². The smallest absolute Gasteiger partial charge is 0.185 e. The van der Waals surface area contributed by atoms with Crippen molar-refractivity contribution in [1.82, 2.24) is 4.98 Å². The van der Waals surface area contributed by atoms with Gasteiger partial charge in [-0.1, -0.05) is 0 Å². The average molecular weight is 213 g/mol. The molecule has 1 aromatic rings. The van der Waals surface area contributed by atoms with Gasteiger partial charge in [0.05, 0.1) is 0 Å². The van der Waals surface area contributed by atoms with Crippen LogP contribution in [0.3, 0.4) is 0 Å². The van der Waals surface area contributed by atoms with Gasteiger partial charge >= 0.3 is 0 Å². The van der Waals surface area contributed by atoms with Crippen molar-refractivity contribution >= 4 is 32.4 Å². The molecule has 1 rings (SSSR count). The van der Waals surface area contributed by atoms with Crippen LogP contribution in [0.2, 0.25) is 0 Å². The van der Waals surface area contributed by atoms with Gasteiger partial charge in [0.15, 0.2) is 5.13 Å². The Labute approximate surface area is 75.1 Å². The van der Waals surface area contributed by atoms with Gasteiger partial charge in [-0.25, -0.2) is 4.98 Å². The van der Waals surface area contributed by atoms with Crippen molar-refractivity contribution in [2.75, 3.05) is 18.9 Å². The Morgan fingerprint density at radius 2 is 2.67 bits per heavy atom. The molecule has 0 aliphatic heterocycles. The highest BCUT2D eigenvalue weighted by molar-refractivity contribution is 9.10. The van der Waals surface area contributed by atoms with Crippen LogP contribution in [-0.4, -0.2) is 18.9 Å². The van der Waals surface area contributed by atoms with Gasteiger partial charge in [-0.2, -0.15) is 0 Å². The third-order valence-corrected chi connectivity index (χ3v) is 2.19. The molecule has 0 aromatic carbocycles. The van der Waals surface area contributed by atoms with Gasteiger partial charge in [0.1, 0.15) is 4.60 Å². The molecule has 0 bridgehead atoms. The van der Waals surface area contributed by atoms with Crippen molar-refractivity contribution in [3.05, 3.63) is 9.98 Å². The third kappa shape index (κ3) is 1.66. The summed E-state index contributed by atoms with van der Waals surface area (Å²) in [5.74, 6) is 0. The summed E-state index contributed by atoms with van der Waals surface area (Å²) < 4.78 is 43.3. The van der Waals surface area contributed by atoms with Crippen LogP contribution in [-0.2, 0) is 0 Å². The first kappa shape index (κ1) is 2.51. The molecule has 0 aliphatic rings. The summed E-state index contributed by atoms with van der Waals surface area (Å²) in [5, 5.41) is 1.47. The lowest BCUT2D eigenvalue weighted by Crippen LogP contribution is -2.07. The molecular formula is C5H7BrN2S. The first-order valence-corrected chi connectivity index (χ1v) is 3.71. The van der Waals surface area contributed by atoms with E-state index in [1.807, 2.05) is 0 Å². The highest BCUT2D eigenvalue weighted by atomic mass is 79.9. The van der Waals surface area contributed by atoms with Crippen LogP contribution in [0.4, 0.5) is 5.13 Å². The molecule has 0 atom stereocenters. The maximum atomic E-state index is 7.14. The number of thiazole rings is 1. The Morgan fingerprint density at radius 1 is 1.89 bits per heavy atom. The zero-order chi connectivity index (χ0) is 11.9. The molecule has 0 fully saturated rings. The summed E-state index contributed by atoms with van der Waals surface area (Å²) >= 11 is 4.00. The lowest BCUT2D eigenvalue weighted by molar-refractivity contribution is 1.10. The standard InChI is InChI=1S/C5H7BrN2S/c1-8(2)5-7-4(6)3-9-5/h3H,1-2H3/i1D3,2D3. The second-order valence-corrected chi connectivity index (χ2v) is 2.94. The van der Waals surface area contributed by atoms with Crippen molar-refractivity contribution in [1.29, 1.82) is 0 Å². The van der Waals surface area contributed by atoms with E-state index in [0.29, 0.717) is 9.50 Å². The van der Waals surface area contributed by atoms with Crippen LogP contribution in [0.25, 0.3) is 0 Å². The van der Waals surface area contributed by atoms with E-state index in [1.165, 1.54) is 5.38 Å². The molecule has 1 aromatic heterocycles. The van der Waals surface area contributed by atoms with Gasteiger partial charge in [0.25, 0.3) is 0 Å². The Balaban J connectivity index is 3.14. The molecule has 2 nitrogen and oxygen atoms in total. The van der Waals surface area contributed by atoms with Crippen LogP contribution in [0.1, 0.15) is 8.22 Å². The third-order valence-electron chi connectivity index (χ3n) is 0.655. The minimum Gasteiger partial charge on any atom is -0.354 e. The first-order chi connectivity index (χ1) is 6.62. The van der Waals surface area contributed by atoms with Crippen LogP contribution in [0.5, 0.6) is 0 Å². The molecule has 0 unspecified atom stereocenters. The number of nitrogens with zero attached hydrogens (tertiary/aromatic N) is 2. The predicted octanol–water partition coefficient (Wildman–Crippen LogP) is 1.97. The predicted molar refractivity (Wildman–Crippen MR) is 44.1 cm³/mol. The molecule has 0 saturated carbocycles. The maximum Gasteiger partial charge on any atom is 0.185 e. The number of aromatic nitrogens is 1. The Bertz CT molecular complexity index is 330. The first-order valence-electron chi connectivity index (χ1n) is 5.04. The molecule has 0 radical (unpaired) electrons. The minimum atomic E-state index is -2.73. The van der Waals surface area contributed by atoms with Gasteiger partial charge in [0, 0.05) is 27.6 Å². The molecule has 1 heterocycles. The normalized spacial score (nSPS) is 22.3. The monoisotopic (exact) mass is 212 g/mol. The van der Waals surface area contributed by atoms with Gasteiger partial charge in [0.2, 0.25) is 0 Å². The lowest BCUT2D eigenvalue weighted by atomic mass is 10.9. The number of halogens is 1. The molecule has 0 spiro atoms. The Hall–Kier alpha value is -0.0900. The largest absolute Gasteiger partial charge is 0.354 e. The van der Waals surface area contributed by atoms with Gasteiger partial charge in [-0.15, -0.1) is 11.3 Å². The van der Waals surface area contributed by atoms with E-state index in [0.717, 1.165) is 11.3 Å². The van der Waals surface area contributed by atoms with E-state index in [1.54, 1.807) is 0 Å². The second kappa shape index (κ2) is 2.66. The zero-order valence-corrected chi connectivity index (χ0v) is 6.66.